The summed E-state index contributed by atoms with van der Waals surface area (Å²) in [6.45, 7) is 7.52. The van der Waals surface area contributed by atoms with Crippen LogP contribution in [0.2, 0.25) is 0 Å². The molecule has 9 rings (SSSR count). The number of hydrogen-bond acceptors (Lipinski definition) is 7. The monoisotopic (exact) mass is 692 g/mol. The van der Waals surface area contributed by atoms with E-state index in [0.717, 1.165) is 48.2 Å². The first-order chi connectivity index (χ1) is 24.7. The van der Waals surface area contributed by atoms with Crippen LogP contribution in [0.1, 0.15) is 83.8 Å². The van der Waals surface area contributed by atoms with Crippen molar-refractivity contribution in [2.45, 2.75) is 64.0 Å². The van der Waals surface area contributed by atoms with Gasteiger partial charge in [0.05, 0.1) is 17.4 Å². The average Bonchev–Trinajstić information content (AvgIpc) is 3.65. The Bertz CT molecular complexity index is 2460. The van der Waals surface area contributed by atoms with Crippen LogP contribution in [0.4, 0.5) is 4.39 Å². The number of aromatic nitrogens is 7. The molecular formula is C37H37FN8O5. The zero-order valence-electron chi connectivity index (χ0n) is 28.5. The molecule has 0 spiro atoms. The number of fused-ring (bicyclic) bond motifs is 2. The number of aromatic amines is 2. The number of imidazole rings is 1. The number of nitrogens with one attached hydrogen (secondary N) is 2. The van der Waals surface area contributed by atoms with Gasteiger partial charge in [-0.1, -0.05) is 18.1 Å². The molecule has 6 aromatic rings. The molecule has 1 amide bonds. The maximum atomic E-state index is 15.1. The van der Waals surface area contributed by atoms with Crippen molar-refractivity contribution in [1.29, 1.82) is 0 Å². The Labute approximate surface area is 290 Å². The molecule has 13 nitrogen and oxygen atoms in total. The summed E-state index contributed by atoms with van der Waals surface area (Å²) in [5.41, 5.74) is 3.94. The van der Waals surface area contributed by atoms with Crippen LogP contribution in [-0.2, 0) is 16.7 Å². The molecule has 6 heterocycles. The maximum Gasteiger partial charge on any atom is 0.438 e. The second-order valence-electron chi connectivity index (χ2n) is 14.1. The molecule has 51 heavy (non-hydrogen) atoms. The van der Waals surface area contributed by atoms with Crippen molar-refractivity contribution in [3.05, 3.63) is 116 Å². The minimum Gasteiger partial charge on any atom is -0.381 e. The zero-order chi connectivity index (χ0) is 35.2. The number of hydrogen-bond donors (Lipinski definition) is 2. The summed E-state index contributed by atoms with van der Waals surface area (Å²) in [5.74, 6) is 0.120. The fourth-order valence-electron chi connectivity index (χ4n) is 8.42. The van der Waals surface area contributed by atoms with Crippen molar-refractivity contribution in [3.63, 3.8) is 0 Å². The van der Waals surface area contributed by atoms with Crippen LogP contribution in [0.25, 0.3) is 22.4 Å². The summed E-state index contributed by atoms with van der Waals surface area (Å²) in [6, 6.07) is 12.6. The molecule has 0 bridgehead atoms. The fraction of sp³-hybridized carbons (Fsp3) is 0.378. The van der Waals surface area contributed by atoms with Crippen LogP contribution in [-0.4, -0.2) is 64.6 Å². The number of halogens is 1. The number of aryl methyl sites for hydroxylation is 1. The lowest BCUT2D eigenvalue weighted by Gasteiger charge is -2.34. The van der Waals surface area contributed by atoms with E-state index in [-0.39, 0.29) is 23.3 Å². The van der Waals surface area contributed by atoms with Gasteiger partial charge in [-0.05, 0) is 92.5 Å². The van der Waals surface area contributed by atoms with Gasteiger partial charge in [0.2, 0.25) is 0 Å². The van der Waals surface area contributed by atoms with Crippen LogP contribution < -0.4 is 11.4 Å². The molecule has 2 aromatic carbocycles. The maximum absolute atomic E-state index is 15.1. The molecular weight excluding hydrogens is 655 g/mol. The lowest BCUT2D eigenvalue weighted by atomic mass is 9.91. The predicted molar refractivity (Wildman–Crippen MR) is 184 cm³/mol. The third-order valence-corrected chi connectivity index (χ3v) is 11.2. The Morgan fingerprint density at radius 3 is 2.57 bits per heavy atom. The minimum atomic E-state index is -0.780. The van der Waals surface area contributed by atoms with Gasteiger partial charge >= 0.3 is 11.4 Å². The van der Waals surface area contributed by atoms with Crippen molar-refractivity contribution in [2.24, 2.45) is 5.92 Å². The number of benzene rings is 2. The number of carbonyl (C=O) groups excluding carboxylic acids is 1. The van der Waals surface area contributed by atoms with E-state index in [0.29, 0.717) is 53.9 Å². The van der Waals surface area contributed by atoms with Gasteiger partial charge in [-0.15, -0.1) is 0 Å². The number of nitrogens with zero attached hydrogens (tertiary/aromatic N) is 6. The number of H-pyrrole nitrogens is 2. The van der Waals surface area contributed by atoms with Crippen molar-refractivity contribution >= 4 is 16.8 Å². The van der Waals surface area contributed by atoms with Gasteiger partial charge in [-0.25, -0.2) is 18.7 Å². The second-order valence-corrected chi connectivity index (χ2v) is 14.1. The van der Waals surface area contributed by atoms with Crippen LogP contribution in [0, 0.1) is 18.7 Å². The first kappa shape index (κ1) is 31.5. The fourth-order valence-corrected chi connectivity index (χ4v) is 8.42. The van der Waals surface area contributed by atoms with E-state index < -0.39 is 17.3 Å². The number of rotatable bonds is 6. The molecule has 0 radical (unpaired) electrons. The highest BCUT2D eigenvalue weighted by Crippen LogP contribution is 2.56. The van der Waals surface area contributed by atoms with E-state index >= 15 is 4.79 Å². The third kappa shape index (κ3) is 4.79. The second kappa shape index (κ2) is 11.5. The van der Waals surface area contributed by atoms with Gasteiger partial charge in [-0.3, -0.25) is 18.9 Å². The standard InChI is InChI=1S/C37H37FN8O5/c1-20-16-26(5-6-27(20)38)46-32(44-13-11-39-35(44)48)31-22(3)43(12-8-28(31)41-46)33(47)30-18-25-17-24(23-9-14-50-15-10-23)4-7-29(25)45(30)37(19-21(37)2)34-40-36(49)51-42-34/h4-7,11,13,16-18,21-23H,8-10,12,14-15,19H2,1-3H3,(H,39,48)(H,40,42,49)/t21-,22-,37-/m0/s1. The summed E-state index contributed by atoms with van der Waals surface area (Å²) in [5, 5.41) is 9.99. The summed E-state index contributed by atoms with van der Waals surface area (Å²) >= 11 is 0. The number of amides is 1. The summed E-state index contributed by atoms with van der Waals surface area (Å²) in [4.78, 5) is 47.7. The molecule has 0 unspecified atom stereocenters. The van der Waals surface area contributed by atoms with E-state index in [4.69, 9.17) is 14.4 Å². The first-order valence-electron chi connectivity index (χ1n) is 17.4. The van der Waals surface area contributed by atoms with Gasteiger partial charge < -0.3 is 19.2 Å². The highest BCUT2D eigenvalue weighted by molar-refractivity contribution is 6.00. The van der Waals surface area contributed by atoms with Gasteiger partial charge in [0.25, 0.3) is 5.91 Å². The van der Waals surface area contributed by atoms with Crippen LogP contribution in [0.15, 0.2) is 69.0 Å². The molecule has 3 atom stereocenters. The normalized spacial score (nSPS) is 22.1. The molecule has 14 heteroatoms. The molecule has 1 saturated heterocycles. The Morgan fingerprint density at radius 1 is 1.08 bits per heavy atom. The van der Waals surface area contributed by atoms with Crippen molar-refractivity contribution < 1.29 is 18.4 Å². The molecule has 4 aromatic heterocycles. The smallest absolute Gasteiger partial charge is 0.381 e. The van der Waals surface area contributed by atoms with E-state index in [1.54, 1.807) is 36.1 Å². The van der Waals surface area contributed by atoms with Crippen LogP contribution >= 0.6 is 0 Å². The van der Waals surface area contributed by atoms with Gasteiger partial charge in [0.1, 0.15) is 22.9 Å². The lowest BCUT2D eigenvalue weighted by molar-refractivity contribution is 0.0663. The molecule has 3 aliphatic rings. The van der Waals surface area contributed by atoms with Gasteiger partial charge in [-0.2, -0.15) is 5.10 Å². The van der Waals surface area contributed by atoms with E-state index in [1.165, 1.54) is 16.2 Å². The Hall–Kier alpha value is -5.50. The third-order valence-electron chi connectivity index (χ3n) is 11.2. The Balaban J connectivity index is 1.19. The molecule has 2 aliphatic heterocycles. The Kier molecular flexibility index (Phi) is 7.11. The molecule has 2 fully saturated rings. The highest BCUT2D eigenvalue weighted by Gasteiger charge is 2.59. The lowest BCUT2D eigenvalue weighted by Crippen LogP contribution is -2.41. The van der Waals surface area contributed by atoms with Crippen LogP contribution in [0.5, 0.6) is 0 Å². The Morgan fingerprint density at radius 2 is 1.88 bits per heavy atom. The average molecular weight is 693 g/mol. The van der Waals surface area contributed by atoms with Gasteiger partial charge in [0.15, 0.2) is 5.82 Å². The largest absolute Gasteiger partial charge is 0.438 e. The quantitative estimate of drug-likeness (QED) is 0.253. The van der Waals surface area contributed by atoms with E-state index in [1.807, 2.05) is 22.5 Å². The first-order valence-corrected chi connectivity index (χ1v) is 17.4. The summed E-state index contributed by atoms with van der Waals surface area (Å²) < 4.78 is 30.1. The highest BCUT2D eigenvalue weighted by atomic mass is 19.1. The van der Waals surface area contributed by atoms with E-state index in [2.05, 4.69) is 40.2 Å². The minimum absolute atomic E-state index is 0.0606. The van der Waals surface area contributed by atoms with Crippen molar-refractivity contribution in [1.82, 2.24) is 38.9 Å². The summed E-state index contributed by atoms with van der Waals surface area (Å²) in [7, 11) is 0. The van der Waals surface area contributed by atoms with Crippen molar-refractivity contribution in [2.75, 3.05) is 19.8 Å². The predicted octanol–water partition coefficient (Wildman–Crippen LogP) is 4.87. The molecule has 1 aliphatic carbocycles. The molecule has 1 saturated carbocycles. The number of carbonyl (C=O) groups is 1. The van der Waals surface area contributed by atoms with E-state index in [9.17, 15) is 14.0 Å². The van der Waals surface area contributed by atoms with Crippen molar-refractivity contribution in [3.8, 4) is 11.5 Å². The number of ether oxygens (including phenoxy) is 1. The molecule has 2 N–H and O–H groups in total. The zero-order valence-corrected chi connectivity index (χ0v) is 28.5. The van der Waals surface area contributed by atoms with Gasteiger partial charge in [0, 0.05) is 55.0 Å². The summed E-state index contributed by atoms with van der Waals surface area (Å²) in [6.07, 6.45) is 6.15. The molecule has 262 valence electrons. The topological polar surface area (TPSA) is 149 Å². The van der Waals surface area contributed by atoms with Crippen LogP contribution in [0.3, 0.4) is 0 Å². The SMILES string of the molecule is Cc1cc(-n2nc3c(c2-n2cc[nH]c2=O)[C@H](C)N(C(=O)c2cc4cc(C5CCOCC5)ccc4n2[C@@]2(c4noc(=O)[nH]4)C[C@@H]2C)CC3)ccc1F.